The predicted octanol–water partition coefficient (Wildman–Crippen LogP) is 3.71. The molecule has 4 nitrogen and oxygen atoms in total. The predicted molar refractivity (Wildman–Crippen MR) is 82.2 cm³/mol. The van der Waals surface area contributed by atoms with Gasteiger partial charge in [-0.2, -0.15) is 13.2 Å². The van der Waals surface area contributed by atoms with Crippen LogP contribution < -0.4 is 10.6 Å². The van der Waals surface area contributed by atoms with Crippen molar-refractivity contribution in [2.75, 3.05) is 17.2 Å². The molecule has 0 saturated heterocycles. The van der Waals surface area contributed by atoms with Crippen LogP contribution in [0.2, 0.25) is 0 Å². The van der Waals surface area contributed by atoms with Crippen molar-refractivity contribution in [3.8, 4) is 0 Å². The number of halogens is 3. The zero-order chi connectivity index (χ0) is 16.9. The molecule has 0 aliphatic rings. The van der Waals surface area contributed by atoms with Crippen molar-refractivity contribution >= 4 is 17.4 Å². The van der Waals surface area contributed by atoms with Crippen molar-refractivity contribution in [3.05, 3.63) is 53.7 Å². The van der Waals surface area contributed by atoms with E-state index in [2.05, 4.69) is 15.6 Å². The van der Waals surface area contributed by atoms with Gasteiger partial charge in [0.2, 0.25) is 5.91 Å². The SMILES string of the molecule is CCc1ccccc1NC(=O)CNc1cc(C(F)(F)F)ccn1. The average molecular weight is 323 g/mol. The summed E-state index contributed by atoms with van der Waals surface area (Å²) in [6.07, 6.45) is -2.63. The Kier molecular flexibility index (Phi) is 5.20. The van der Waals surface area contributed by atoms with Gasteiger partial charge in [0.05, 0.1) is 12.1 Å². The highest BCUT2D eigenvalue weighted by atomic mass is 19.4. The molecule has 2 rings (SSSR count). The molecule has 2 aromatic rings. The molecule has 0 aliphatic heterocycles. The number of rotatable bonds is 5. The lowest BCUT2D eigenvalue weighted by Crippen LogP contribution is -2.23. The van der Waals surface area contributed by atoms with Crippen LogP contribution in [0.25, 0.3) is 0 Å². The quantitative estimate of drug-likeness (QED) is 0.882. The average Bonchev–Trinajstić information content (AvgIpc) is 2.53. The fourth-order valence-electron chi connectivity index (χ4n) is 2.02. The third kappa shape index (κ3) is 4.70. The van der Waals surface area contributed by atoms with Crippen LogP contribution >= 0.6 is 0 Å². The Labute approximate surface area is 131 Å². The van der Waals surface area contributed by atoms with Crippen molar-refractivity contribution < 1.29 is 18.0 Å². The molecule has 0 atom stereocenters. The summed E-state index contributed by atoms with van der Waals surface area (Å²) in [5, 5.41) is 5.32. The number of hydrogen-bond donors (Lipinski definition) is 2. The summed E-state index contributed by atoms with van der Waals surface area (Å²) in [4.78, 5) is 15.7. The second kappa shape index (κ2) is 7.13. The Bertz CT molecular complexity index is 686. The Morgan fingerprint density at radius 1 is 1.22 bits per heavy atom. The van der Waals surface area contributed by atoms with Gasteiger partial charge in [0.25, 0.3) is 0 Å². The van der Waals surface area contributed by atoms with Gasteiger partial charge in [-0.05, 0) is 30.2 Å². The molecular weight excluding hydrogens is 307 g/mol. The van der Waals surface area contributed by atoms with Crippen molar-refractivity contribution in [3.63, 3.8) is 0 Å². The molecular formula is C16H16F3N3O. The zero-order valence-corrected chi connectivity index (χ0v) is 12.4. The molecule has 23 heavy (non-hydrogen) atoms. The molecule has 0 unspecified atom stereocenters. The van der Waals surface area contributed by atoms with Gasteiger partial charge in [0.15, 0.2) is 0 Å². The largest absolute Gasteiger partial charge is 0.416 e. The number of aryl methyl sites for hydroxylation is 1. The molecule has 0 aliphatic carbocycles. The summed E-state index contributed by atoms with van der Waals surface area (Å²) >= 11 is 0. The number of para-hydroxylation sites is 1. The molecule has 2 N–H and O–H groups in total. The first-order valence-corrected chi connectivity index (χ1v) is 7.05. The van der Waals surface area contributed by atoms with Gasteiger partial charge >= 0.3 is 6.18 Å². The number of benzene rings is 1. The number of alkyl halides is 3. The van der Waals surface area contributed by atoms with Gasteiger partial charge in [-0.15, -0.1) is 0 Å². The lowest BCUT2D eigenvalue weighted by atomic mass is 10.1. The Morgan fingerprint density at radius 2 is 1.96 bits per heavy atom. The lowest BCUT2D eigenvalue weighted by Gasteiger charge is -2.11. The molecule has 1 aromatic carbocycles. The molecule has 0 saturated carbocycles. The zero-order valence-electron chi connectivity index (χ0n) is 12.4. The van der Waals surface area contributed by atoms with Crippen molar-refractivity contribution in [1.82, 2.24) is 4.98 Å². The molecule has 1 heterocycles. The highest BCUT2D eigenvalue weighted by Gasteiger charge is 2.30. The van der Waals surface area contributed by atoms with Crippen molar-refractivity contribution in [2.45, 2.75) is 19.5 Å². The van der Waals surface area contributed by atoms with E-state index in [0.717, 1.165) is 30.3 Å². The summed E-state index contributed by atoms with van der Waals surface area (Å²) in [6, 6.07) is 9.10. The topological polar surface area (TPSA) is 54.0 Å². The first-order valence-electron chi connectivity index (χ1n) is 7.05. The van der Waals surface area contributed by atoms with Gasteiger partial charge in [-0.3, -0.25) is 4.79 Å². The molecule has 122 valence electrons. The Hall–Kier alpha value is -2.57. The van der Waals surface area contributed by atoms with E-state index in [-0.39, 0.29) is 18.3 Å². The van der Waals surface area contributed by atoms with E-state index in [9.17, 15) is 18.0 Å². The summed E-state index contributed by atoms with van der Waals surface area (Å²) in [7, 11) is 0. The first-order chi connectivity index (χ1) is 10.9. The summed E-state index contributed by atoms with van der Waals surface area (Å²) in [6.45, 7) is 1.79. The van der Waals surface area contributed by atoms with Gasteiger partial charge in [0.1, 0.15) is 5.82 Å². The smallest absolute Gasteiger partial charge is 0.361 e. The van der Waals surface area contributed by atoms with Crippen LogP contribution in [0.4, 0.5) is 24.7 Å². The first kappa shape index (κ1) is 16.8. The highest BCUT2D eigenvalue weighted by Crippen LogP contribution is 2.29. The molecule has 7 heteroatoms. The van der Waals surface area contributed by atoms with E-state index in [4.69, 9.17) is 0 Å². The third-order valence-corrected chi connectivity index (χ3v) is 3.19. The molecule has 0 radical (unpaired) electrons. The number of nitrogens with zero attached hydrogens (tertiary/aromatic N) is 1. The summed E-state index contributed by atoms with van der Waals surface area (Å²) in [5.41, 5.74) is 0.864. The van der Waals surface area contributed by atoms with Crippen molar-refractivity contribution in [1.29, 1.82) is 0 Å². The number of pyridine rings is 1. The monoisotopic (exact) mass is 323 g/mol. The fraction of sp³-hybridized carbons (Fsp3) is 0.250. The minimum absolute atomic E-state index is 0.00116. The van der Waals surface area contributed by atoms with Crippen LogP contribution in [0.15, 0.2) is 42.6 Å². The van der Waals surface area contributed by atoms with Crippen LogP contribution in [-0.4, -0.2) is 17.4 Å². The number of anilines is 2. The van der Waals surface area contributed by atoms with Crippen molar-refractivity contribution in [2.24, 2.45) is 0 Å². The van der Waals surface area contributed by atoms with E-state index in [1.807, 2.05) is 19.1 Å². The number of carbonyl (C=O) groups is 1. The summed E-state index contributed by atoms with van der Waals surface area (Å²) < 4.78 is 37.8. The van der Waals surface area contributed by atoms with Gasteiger partial charge in [-0.25, -0.2) is 4.98 Å². The van der Waals surface area contributed by atoms with E-state index < -0.39 is 11.7 Å². The Balaban J connectivity index is 1.97. The maximum absolute atomic E-state index is 12.6. The number of carbonyl (C=O) groups excluding carboxylic acids is 1. The molecule has 0 bridgehead atoms. The third-order valence-electron chi connectivity index (χ3n) is 3.19. The van der Waals surface area contributed by atoms with E-state index in [1.165, 1.54) is 0 Å². The second-order valence-electron chi connectivity index (χ2n) is 4.84. The second-order valence-corrected chi connectivity index (χ2v) is 4.84. The fourth-order valence-corrected chi connectivity index (χ4v) is 2.02. The minimum atomic E-state index is -4.44. The van der Waals surface area contributed by atoms with E-state index in [0.29, 0.717) is 5.69 Å². The van der Waals surface area contributed by atoms with Crippen LogP contribution in [0.5, 0.6) is 0 Å². The Morgan fingerprint density at radius 3 is 2.65 bits per heavy atom. The van der Waals surface area contributed by atoms with Crippen LogP contribution in [0, 0.1) is 0 Å². The van der Waals surface area contributed by atoms with Gasteiger partial charge in [0, 0.05) is 11.9 Å². The van der Waals surface area contributed by atoms with Gasteiger partial charge < -0.3 is 10.6 Å². The number of aromatic nitrogens is 1. The minimum Gasteiger partial charge on any atom is -0.361 e. The maximum atomic E-state index is 12.6. The number of amides is 1. The summed E-state index contributed by atoms with van der Waals surface area (Å²) in [5.74, 6) is -0.358. The molecule has 1 aromatic heterocycles. The number of hydrogen-bond acceptors (Lipinski definition) is 3. The standard InChI is InChI=1S/C16H16F3N3O/c1-2-11-5-3-4-6-13(11)22-15(23)10-21-14-9-12(7-8-20-14)16(17,18)19/h3-9H,2,10H2,1H3,(H,20,21)(H,22,23). The molecule has 1 amide bonds. The number of nitrogens with one attached hydrogen (secondary N) is 2. The van der Waals surface area contributed by atoms with Gasteiger partial charge in [-0.1, -0.05) is 25.1 Å². The van der Waals surface area contributed by atoms with Crippen LogP contribution in [-0.2, 0) is 17.4 Å². The normalized spacial score (nSPS) is 11.1. The van der Waals surface area contributed by atoms with E-state index >= 15 is 0 Å². The molecule has 0 spiro atoms. The lowest BCUT2D eigenvalue weighted by molar-refractivity contribution is -0.137. The van der Waals surface area contributed by atoms with Crippen LogP contribution in [0.1, 0.15) is 18.1 Å². The van der Waals surface area contributed by atoms with E-state index in [1.54, 1.807) is 12.1 Å². The maximum Gasteiger partial charge on any atom is 0.416 e. The highest BCUT2D eigenvalue weighted by molar-refractivity contribution is 5.94. The van der Waals surface area contributed by atoms with Crippen LogP contribution in [0.3, 0.4) is 0 Å². The molecule has 0 fully saturated rings.